The number of ether oxygens (including phenoxy) is 1. The second-order valence-corrected chi connectivity index (χ2v) is 6.29. The van der Waals surface area contributed by atoms with Crippen LogP contribution in [-0.4, -0.2) is 46.8 Å². The highest BCUT2D eigenvalue weighted by Gasteiger charge is 2.45. The Hall–Kier alpha value is -3.75. The van der Waals surface area contributed by atoms with Crippen LogP contribution in [0.5, 0.6) is 5.75 Å². The van der Waals surface area contributed by atoms with Crippen LogP contribution in [0.4, 0.5) is 5.69 Å². The lowest BCUT2D eigenvalue weighted by Gasteiger charge is -2.27. The molecule has 0 bridgehead atoms. The number of rotatable bonds is 5. The van der Waals surface area contributed by atoms with Gasteiger partial charge in [0.05, 0.1) is 24.8 Å². The smallest absolute Gasteiger partial charge is 0.271 e. The van der Waals surface area contributed by atoms with Crippen molar-refractivity contribution in [1.29, 1.82) is 0 Å². The lowest BCUT2D eigenvalue weighted by Crippen LogP contribution is -2.54. The van der Waals surface area contributed by atoms with Gasteiger partial charge >= 0.3 is 0 Å². The molecule has 150 valence electrons. The number of amides is 4. The summed E-state index contributed by atoms with van der Waals surface area (Å²) >= 11 is 0. The molecule has 4 amide bonds. The van der Waals surface area contributed by atoms with Crippen LogP contribution >= 0.6 is 0 Å². The Balaban J connectivity index is 1.84. The van der Waals surface area contributed by atoms with E-state index in [0.29, 0.717) is 11.4 Å². The van der Waals surface area contributed by atoms with Gasteiger partial charge in [-0.2, -0.15) is 0 Å². The van der Waals surface area contributed by atoms with Crippen molar-refractivity contribution in [2.24, 2.45) is 0 Å². The van der Waals surface area contributed by atoms with E-state index in [1.54, 1.807) is 37.3 Å². The Morgan fingerprint density at radius 3 is 2.55 bits per heavy atom. The largest absolute Gasteiger partial charge is 0.497 e. The van der Waals surface area contributed by atoms with Crippen molar-refractivity contribution < 1.29 is 23.9 Å². The van der Waals surface area contributed by atoms with E-state index in [1.807, 2.05) is 0 Å². The van der Waals surface area contributed by atoms with Crippen LogP contribution in [0, 0.1) is 0 Å². The maximum atomic E-state index is 13.0. The lowest BCUT2D eigenvalue weighted by atomic mass is 10.2. The van der Waals surface area contributed by atoms with Gasteiger partial charge in [-0.15, -0.1) is 0 Å². The second kappa shape index (κ2) is 8.51. The molecule has 9 nitrogen and oxygen atoms in total. The number of methoxy groups -OCH3 is 1. The third-order valence-corrected chi connectivity index (χ3v) is 4.48. The van der Waals surface area contributed by atoms with Crippen molar-refractivity contribution in [3.8, 4) is 5.75 Å². The van der Waals surface area contributed by atoms with Gasteiger partial charge in [-0.05, 0) is 36.4 Å². The molecule has 1 atom stereocenters. The Kier molecular flexibility index (Phi) is 5.87. The van der Waals surface area contributed by atoms with E-state index in [4.69, 9.17) is 4.74 Å². The van der Waals surface area contributed by atoms with Crippen LogP contribution in [0.15, 0.2) is 48.8 Å². The molecule has 1 aliphatic heterocycles. The van der Waals surface area contributed by atoms with Crippen molar-refractivity contribution >= 4 is 29.3 Å². The Labute approximate surface area is 167 Å². The van der Waals surface area contributed by atoms with E-state index in [2.05, 4.69) is 10.4 Å². The van der Waals surface area contributed by atoms with Crippen LogP contribution < -0.4 is 15.1 Å². The number of hydrogen-bond acceptors (Lipinski definition) is 6. The standard InChI is InChI=1S/C20H20N4O5/c1-3-17(25)24(22-19(27)13-5-4-10-21-12-13)16-11-18(26)23(20(16)28)14-6-8-15(29-2)9-7-14/h4-10,12,16H,3,11H2,1-2H3,(H,22,27)/t16-/m0/s1. The summed E-state index contributed by atoms with van der Waals surface area (Å²) in [6.07, 6.45) is 2.67. The monoisotopic (exact) mass is 396 g/mol. The number of hydrazine groups is 1. The first kappa shape index (κ1) is 20.0. The highest BCUT2D eigenvalue weighted by atomic mass is 16.5. The summed E-state index contributed by atoms with van der Waals surface area (Å²) in [5, 5.41) is 0.944. The normalized spacial score (nSPS) is 15.9. The zero-order valence-electron chi connectivity index (χ0n) is 16.0. The zero-order valence-corrected chi connectivity index (χ0v) is 16.0. The molecule has 1 fully saturated rings. The predicted molar refractivity (Wildman–Crippen MR) is 103 cm³/mol. The van der Waals surface area contributed by atoms with Crippen molar-refractivity contribution in [3.63, 3.8) is 0 Å². The fourth-order valence-electron chi connectivity index (χ4n) is 2.98. The molecule has 0 saturated carbocycles. The fraction of sp³-hybridized carbons (Fsp3) is 0.250. The van der Waals surface area contributed by atoms with Gasteiger partial charge in [0.25, 0.3) is 11.8 Å². The van der Waals surface area contributed by atoms with Gasteiger partial charge < -0.3 is 4.74 Å². The predicted octanol–water partition coefficient (Wildman–Crippen LogP) is 1.31. The van der Waals surface area contributed by atoms with Crippen molar-refractivity contribution in [2.45, 2.75) is 25.8 Å². The molecular formula is C20H20N4O5. The van der Waals surface area contributed by atoms with Crippen LogP contribution in [0.3, 0.4) is 0 Å². The van der Waals surface area contributed by atoms with Crippen LogP contribution in [-0.2, 0) is 14.4 Å². The molecule has 3 rings (SSSR count). The number of aromatic nitrogens is 1. The number of imide groups is 1. The molecule has 1 aromatic heterocycles. The summed E-state index contributed by atoms with van der Waals surface area (Å²) in [7, 11) is 1.51. The fourth-order valence-corrected chi connectivity index (χ4v) is 2.98. The van der Waals surface area contributed by atoms with Gasteiger partial charge in [0.15, 0.2) is 0 Å². The average molecular weight is 396 g/mol. The number of anilines is 1. The number of carbonyl (C=O) groups is 4. The van der Waals surface area contributed by atoms with E-state index in [1.165, 1.54) is 25.6 Å². The molecule has 0 spiro atoms. The minimum atomic E-state index is -1.13. The average Bonchev–Trinajstić information content (AvgIpc) is 3.05. The molecule has 1 N–H and O–H groups in total. The summed E-state index contributed by atoms with van der Waals surface area (Å²) < 4.78 is 5.08. The molecule has 1 aliphatic rings. The van der Waals surface area contributed by atoms with Crippen molar-refractivity contribution in [2.75, 3.05) is 12.0 Å². The summed E-state index contributed by atoms with van der Waals surface area (Å²) in [5.41, 5.74) is 3.05. The minimum absolute atomic E-state index is 0.0494. The first-order valence-corrected chi connectivity index (χ1v) is 9.00. The number of carbonyl (C=O) groups excluding carboxylic acids is 4. The van der Waals surface area contributed by atoms with E-state index in [0.717, 1.165) is 9.91 Å². The van der Waals surface area contributed by atoms with Crippen molar-refractivity contribution in [1.82, 2.24) is 15.4 Å². The number of pyridine rings is 1. The van der Waals surface area contributed by atoms with Gasteiger partial charge in [-0.3, -0.25) is 29.6 Å². The number of nitrogens with one attached hydrogen (secondary N) is 1. The Bertz CT molecular complexity index is 930. The van der Waals surface area contributed by atoms with E-state index < -0.39 is 29.7 Å². The van der Waals surface area contributed by atoms with Crippen molar-refractivity contribution in [3.05, 3.63) is 54.4 Å². The highest BCUT2D eigenvalue weighted by Crippen LogP contribution is 2.27. The number of nitrogens with zero attached hydrogens (tertiary/aromatic N) is 3. The molecule has 2 heterocycles. The van der Waals surface area contributed by atoms with Gasteiger partial charge in [-0.1, -0.05) is 6.92 Å². The molecular weight excluding hydrogens is 376 g/mol. The lowest BCUT2D eigenvalue weighted by molar-refractivity contribution is -0.140. The second-order valence-electron chi connectivity index (χ2n) is 6.29. The highest BCUT2D eigenvalue weighted by molar-refractivity contribution is 6.23. The summed E-state index contributed by atoms with van der Waals surface area (Å²) in [5.74, 6) is -1.55. The topological polar surface area (TPSA) is 109 Å². The third-order valence-electron chi connectivity index (χ3n) is 4.48. The molecule has 0 aliphatic carbocycles. The van der Waals surface area contributed by atoms with Gasteiger partial charge in [0.2, 0.25) is 11.8 Å². The van der Waals surface area contributed by atoms with Gasteiger partial charge in [0.1, 0.15) is 11.8 Å². The molecule has 29 heavy (non-hydrogen) atoms. The van der Waals surface area contributed by atoms with Crippen LogP contribution in [0.25, 0.3) is 0 Å². The Morgan fingerprint density at radius 2 is 1.97 bits per heavy atom. The molecule has 0 unspecified atom stereocenters. The quantitative estimate of drug-likeness (QED) is 0.603. The molecule has 2 aromatic rings. The maximum absolute atomic E-state index is 13.0. The van der Waals surface area contributed by atoms with Gasteiger partial charge in [0, 0.05) is 18.8 Å². The van der Waals surface area contributed by atoms with Crippen LogP contribution in [0.2, 0.25) is 0 Å². The summed E-state index contributed by atoms with van der Waals surface area (Å²) in [6, 6.07) is 8.40. The molecule has 1 aromatic carbocycles. The first-order valence-electron chi connectivity index (χ1n) is 9.00. The number of hydrogen-bond donors (Lipinski definition) is 1. The van der Waals surface area contributed by atoms with E-state index in [9.17, 15) is 19.2 Å². The summed E-state index contributed by atoms with van der Waals surface area (Å²) in [6.45, 7) is 1.61. The molecule has 0 radical (unpaired) electrons. The first-order chi connectivity index (χ1) is 14.0. The maximum Gasteiger partial charge on any atom is 0.271 e. The third kappa shape index (κ3) is 4.08. The number of benzene rings is 1. The van der Waals surface area contributed by atoms with E-state index >= 15 is 0 Å². The summed E-state index contributed by atoms with van der Waals surface area (Å²) in [4.78, 5) is 55.3. The van der Waals surface area contributed by atoms with Gasteiger partial charge in [-0.25, -0.2) is 9.91 Å². The zero-order chi connectivity index (χ0) is 21.0. The van der Waals surface area contributed by atoms with E-state index in [-0.39, 0.29) is 18.4 Å². The minimum Gasteiger partial charge on any atom is -0.497 e. The SMILES string of the molecule is CCC(=O)N(NC(=O)c1cccnc1)[C@H]1CC(=O)N(c2ccc(OC)cc2)C1=O. The van der Waals surface area contributed by atoms with Crippen LogP contribution in [0.1, 0.15) is 30.1 Å². The Morgan fingerprint density at radius 1 is 1.24 bits per heavy atom. The molecule has 9 heteroatoms. The molecule has 1 saturated heterocycles.